The van der Waals surface area contributed by atoms with Gasteiger partial charge in [-0.3, -0.25) is 0 Å². The predicted octanol–water partition coefficient (Wildman–Crippen LogP) is 6.81. The van der Waals surface area contributed by atoms with Crippen molar-refractivity contribution in [3.05, 3.63) is 64.2 Å². The van der Waals surface area contributed by atoms with E-state index in [2.05, 4.69) is 52.0 Å². The van der Waals surface area contributed by atoms with Crippen LogP contribution in [0.3, 0.4) is 0 Å². The molecule has 2 aromatic rings. The van der Waals surface area contributed by atoms with Crippen LogP contribution in [0.25, 0.3) is 0 Å². The molecule has 2 aromatic carbocycles. The molecule has 2 rings (SSSR count). The predicted molar refractivity (Wildman–Crippen MR) is 129 cm³/mol. The van der Waals surface area contributed by atoms with E-state index in [0.29, 0.717) is 41.2 Å². The maximum atomic E-state index is 10.7. The fourth-order valence-corrected chi connectivity index (χ4v) is 4.16. The van der Waals surface area contributed by atoms with Crippen LogP contribution in [-0.4, -0.2) is 10.2 Å². The Balaban J connectivity index is 2.32. The molecule has 0 fully saturated rings. The fourth-order valence-electron chi connectivity index (χ4n) is 4.16. The first-order valence-electron chi connectivity index (χ1n) is 11.5. The van der Waals surface area contributed by atoms with Crippen LogP contribution in [0.2, 0.25) is 0 Å². The maximum absolute atomic E-state index is 10.7. The Kier molecular flexibility index (Phi) is 7.99. The number of hydrogen-bond acceptors (Lipinski definition) is 3. The van der Waals surface area contributed by atoms with E-state index in [0.717, 1.165) is 11.1 Å². The third-order valence-electron chi connectivity index (χ3n) is 5.87. The summed E-state index contributed by atoms with van der Waals surface area (Å²) in [5, 5.41) is 21.5. The number of aliphatic hydroxyl groups is 2. The number of ether oxygens (including phenoxy) is 1. The molecule has 0 bridgehead atoms. The molecule has 0 heterocycles. The first kappa shape index (κ1) is 25.4. The molecule has 0 amide bonds. The first-order chi connectivity index (χ1) is 14.2. The van der Waals surface area contributed by atoms with Crippen molar-refractivity contribution < 1.29 is 14.9 Å². The topological polar surface area (TPSA) is 49.7 Å². The SMILES string of the molecule is Cc1cc(C(C)(C)O)c(OCc2ccc(C(CC(C)C)C(C)C)cc2)c(C(C)(C)O)c1. The van der Waals surface area contributed by atoms with Gasteiger partial charge in [-0.15, -0.1) is 0 Å². The lowest BCUT2D eigenvalue weighted by molar-refractivity contribution is 0.0638. The van der Waals surface area contributed by atoms with E-state index in [-0.39, 0.29) is 0 Å². The number of hydrogen-bond donors (Lipinski definition) is 2. The van der Waals surface area contributed by atoms with E-state index < -0.39 is 11.2 Å². The Bertz CT molecular complexity index is 814. The summed E-state index contributed by atoms with van der Waals surface area (Å²) in [5.74, 6) is 2.38. The first-order valence-corrected chi connectivity index (χ1v) is 11.5. The van der Waals surface area contributed by atoms with Gasteiger partial charge in [0.15, 0.2) is 0 Å². The summed E-state index contributed by atoms with van der Waals surface area (Å²) in [7, 11) is 0. The molecule has 0 saturated heterocycles. The van der Waals surface area contributed by atoms with Gasteiger partial charge in [0.25, 0.3) is 0 Å². The van der Waals surface area contributed by atoms with E-state index in [9.17, 15) is 10.2 Å². The number of benzene rings is 2. The van der Waals surface area contributed by atoms with Gasteiger partial charge in [-0.2, -0.15) is 0 Å². The minimum absolute atomic E-state index is 0.381. The van der Waals surface area contributed by atoms with Crippen LogP contribution in [0.15, 0.2) is 36.4 Å². The molecular formula is C28H42O3. The minimum Gasteiger partial charge on any atom is -0.488 e. The van der Waals surface area contributed by atoms with Gasteiger partial charge in [0.2, 0.25) is 0 Å². The maximum Gasteiger partial charge on any atom is 0.131 e. The second kappa shape index (κ2) is 9.75. The molecule has 0 aliphatic rings. The molecular weight excluding hydrogens is 384 g/mol. The Morgan fingerprint density at radius 3 is 1.71 bits per heavy atom. The summed E-state index contributed by atoms with van der Waals surface area (Å²) >= 11 is 0. The van der Waals surface area contributed by atoms with E-state index in [1.54, 1.807) is 27.7 Å². The third-order valence-corrected chi connectivity index (χ3v) is 5.87. The van der Waals surface area contributed by atoms with Crippen molar-refractivity contribution in [2.75, 3.05) is 0 Å². The van der Waals surface area contributed by atoms with Gasteiger partial charge in [0.1, 0.15) is 12.4 Å². The average molecular weight is 427 g/mol. The number of aryl methyl sites for hydroxylation is 1. The van der Waals surface area contributed by atoms with Crippen molar-refractivity contribution >= 4 is 0 Å². The van der Waals surface area contributed by atoms with Crippen LogP contribution < -0.4 is 4.74 Å². The Morgan fingerprint density at radius 1 is 0.839 bits per heavy atom. The zero-order chi connectivity index (χ0) is 23.6. The Hall–Kier alpha value is -1.84. The summed E-state index contributed by atoms with van der Waals surface area (Å²) in [5.41, 5.74) is 2.66. The molecule has 0 radical (unpaired) electrons. The second-order valence-electron chi connectivity index (χ2n) is 10.8. The number of rotatable bonds is 9. The van der Waals surface area contributed by atoms with Crippen LogP contribution >= 0.6 is 0 Å². The third kappa shape index (κ3) is 6.82. The molecule has 1 atom stereocenters. The monoisotopic (exact) mass is 426 g/mol. The molecule has 31 heavy (non-hydrogen) atoms. The minimum atomic E-state index is -1.08. The van der Waals surface area contributed by atoms with Crippen molar-refractivity contribution in [1.82, 2.24) is 0 Å². The van der Waals surface area contributed by atoms with Gasteiger partial charge in [0.05, 0.1) is 11.2 Å². The highest BCUT2D eigenvalue weighted by molar-refractivity contribution is 5.49. The summed E-state index contributed by atoms with van der Waals surface area (Å²) in [4.78, 5) is 0. The van der Waals surface area contributed by atoms with Gasteiger partial charge < -0.3 is 14.9 Å². The fraction of sp³-hybridized carbons (Fsp3) is 0.571. The quantitative estimate of drug-likeness (QED) is 0.463. The molecule has 0 spiro atoms. The largest absolute Gasteiger partial charge is 0.488 e. The molecule has 172 valence electrons. The Morgan fingerprint density at radius 2 is 1.32 bits per heavy atom. The van der Waals surface area contributed by atoms with E-state index in [1.165, 1.54) is 12.0 Å². The zero-order valence-corrected chi connectivity index (χ0v) is 20.9. The van der Waals surface area contributed by atoms with Crippen LogP contribution in [0, 0.1) is 18.8 Å². The molecule has 1 unspecified atom stereocenters. The van der Waals surface area contributed by atoms with Crippen LogP contribution in [-0.2, 0) is 17.8 Å². The summed E-state index contributed by atoms with van der Waals surface area (Å²) in [6.45, 7) is 18.5. The van der Waals surface area contributed by atoms with Crippen molar-refractivity contribution in [1.29, 1.82) is 0 Å². The lowest BCUT2D eigenvalue weighted by Gasteiger charge is -2.29. The highest BCUT2D eigenvalue weighted by Crippen LogP contribution is 2.39. The van der Waals surface area contributed by atoms with Gasteiger partial charge >= 0.3 is 0 Å². The summed E-state index contributed by atoms with van der Waals surface area (Å²) < 4.78 is 6.25. The molecule has 0 aromatic heterocycles. The van der Waals surface area contributed by atoms with Gasteiger partial charge in [-0.1, -0.05) is 57.5 Å². The van der Waals surface area contributed by atoms with Crippen molar-refractivity contribution in [2.24, 2.45) is 11.8 Å². The standard InChI is InChI=1S/C28H42O3/c1-18(2)14-23(19(3)4)22-12-10-21(11-13-22)17-31-26-24(27(6,7)29)15-20(5)16-25(26)28(8,9)30/h10-13,15-16,18-19,23,29-30H,14,17H2,1-9H3. The van der Waals surface area contributed by atoms with E-state index in [1.807, 2.05) is 19.1 Å². The van der Waals surface area contributed by atoms with Crippen LogP contribution in [0.4, 0.5) is 0 Å². The van der Waals surface area contributed by atoms with E-state index >= 15 is 0 Å². The normalized spacial score (nSPS) is 13.7. The molecule has 3 heteroatoms. The second-order valence-corrected chi connectivity index (χ2v) is 10.8. The molecule has 2 N–H and O–H groups in total. The molecule has 0 aliphatic heterocycles. The lowest BCUT2D eigenvalue weighted by atomic mass is 9.82. The zero-order valence-electron chi connectivity index (χ0n) is 20.9. The van der Waals surface area contributed by atoms with Gasteiger partial charge in [-0.25, -0.2) is 0 Å². The molecule has 0 saturated carbocycles. The molecule has 0 aliphatic carbocycles. The Labute approximate surface area is 189 Å². The highest BCUT2D eigenvalue weighted by atomic mass is 16.5. The van der Waals surface area contributed by atoms with Crippen LogP contribution in [0.1, 0.15) is 95.5 Å². The molecule has 3 nitrogen and oxygen atoms in total. The average Bonchev–Trinajstić information content (AvgIpc) is 2.63. The van der Waals surface area contributed by atoms with E-state index in [4.69, 9.17) is 4.74 Å². The van der Waals surface area contributed by atoms with Crippen molar-refractivity contribution in [3.63, 3.8) is 0 Å². The lowest BCUT2D eigenvalue weighted by Crippen LogP contribution is -2.23. The highest BCUT2D eigenvalue weighted by Gasteiger charge is 2.29. The van der Waals surface area contributed by atoms with Gasteiger partial charge in [-0.05, 0) is 82.1 Å². The van der Waals surface area contributed by atoms with Crippen LogP contribution in [0.5, 0.6) is 5.75 Å². The van der Waals surface area contributed by atoms with Crippen molar-refractivity contribution in [2.45, 2.75) is 92.5 Å². The summed E-state index contributed by atoms with van der Waals surface area (Å²) in [6.07, 6.45) is 1.18. The van der Waals surface area contributed by atoms with Gasteiger partial charge in [0, 0.05) is 11.1 Å². The summed E-state index contributed by atoms with van der Waals surface area (Å²) in [6, 6.07) is 12.6. The van der Waals surface area contributed by atoms with Crippen molar-refractivity contribution in [3.8, 4) is 5.75 Å². The smallest absolute Gasteiger partial charge is 0.131 e.